The molecule has 7 heteroatoms. The normalized spacial score (nSPS) is 15.6. The van der Waals surface area contributed by atoms with Gasteiger partial charge >= 0.3 is 5.97 Å². The average Bonchev–Trinajstić information content (AvgIpc) is 3.33. The number of esters is 1. The number of allylic oxidation sites excluding steroid dienone is 2. The predicted octanol–water partition coefficient (Wildman–Crippen LogP) is 4.56. The second kappa shape index (κ2) is 9.82. The summed E-state index contributed by atoms with van der Waals surface area (Å²) in [7, 11) is 0. The summed E-state index contributed by atoms with van der Waals surface area (Å²) in [6.07, 6.45) is 3.83. The fourth-order valence-corrected chi connectivity index (χ4v) is 6.02. The largest absolute Gasteiger partial charge is 0.463 e. The molecule has 0 spiro atoms. The van der Waals surface area contributed by atoms with Gasteiger partial charge in [-0.1, -0.05) is 65.4 Å². The van der Waals surface area contributed by atoms with Crippen molar-refractivity contribution in [1.29, 1.82) is 0 Å². The van der Waals surface area contributed by atoms with Crippen molar-refractivity contribution in [3.05, 3.63) is 115 Å². The molecule has 6 nitrogen and oxygen atoms in total. The molecule has 0 bridgehead atoms. The topological polar surface area (TPSA) is 65.6 Å². The van der Waals surface area contributed by atoms with Crippen molar-refractivity contribution in [2.75, 3.05) is 6.61 Å². The lowest BCUT2D eigenvalue weighted by atomic mass is 9.95. The first-order valence-electron chi connectivity index (χ1n) is 12.3. The van der Waals surface area contributed by atoms with Crippen LogP contribution in [0.5, 0.6) is 0 Å². The maximum atomic E-state index is 14.0. The monoisotopic (exact) mass is 511 g/mol. The van der Waals surface area contributed by atoms with Crippen LogP contribution in [0.25, 0.3) is 17.0 Å². The molecule has 1 aliphatic heterocycles. The zero-order valence-electron chi connectivity index (χ0n) is 21.4. The molecule has 1 aliphatic rings. The lowest BCUT2D eigenvalue weighted by Gasteiger charge is -2.24. The Bertz CT molecular complexity index is 1750. The van der Waals surface area contributed by atoms with Crippen molar-refractivity contribution in [3.63, 3.8) is 0 Å². The third-order valence-electron chi connectivity index (χ3n) is 6.78. The van der Waals surface area contributed by atoms with Crippen molar-refractivity contribution in [3.8, 4) is 0 Å². The van der Waals surface area contributed by atoms with E-state index in [0.717, 1.165) is 33.3 Å². The standard InChI is InChI=1S/C30H29N3O3S/c1-6-16-32-20(5)23(22-10-8-9-11-24(22)32)17-25-28(34)33-27(21-14-12-18(3)13-15-21)26(29(35)36-7-2)19(4)31-30(33)37-25/h6,8-15,17,27H,1,7,16H2,2-5H3/b25-17+/t27-/m0/s1. The molecule has 2 aromatic heterocycles. The molecule has 5 rings (SSSR count). The maximum Gasteiger partial charge on any atom is 0.338 e. The van der Waals surface area contributed by atoms with E-state index in [4.69, 9.17) is 4.74 Å². The molecule has 0 aliphatic carbocycles. The summed E-state index contributed by atoms with van der Waals surface area (Å²) in [6, 6.07) is 15.5. The Kier molecular flexibility index (Phi) is 6.56. The van der Waals surface area contributed by atoms with Crippen molar-refractivity contribution in [2.24, 2.45) is 4.99 Å². The van der Waals surface area contributed by atoms with Crippen LogP contribution in [-0.4, -0.2) is 21.7 Å². The third kappa shape index (κ3) is 4.19. The van der Waals surface area contributed by atoms with E-state index in [9.17, 15) is 9.59 Å². The summed E-state index contributed by atoms with van der Waals surface area (Å²) in [5.41, 5.74) is 5.87. The van der Waals surface area contributed by atoms with Gasteiger partial charge in [-0.25, -0.2) is 9.79 Å². The molecule has 0 saturated heterocycles. The Morgan fingerprint density at radius 2 is 1.86 bits per heavy atom. The number of aromatic nitrogens is 2. The number of carbonyl (C=O) groups is 1. The van der Waals surface area contributed by atoms with Crippen LogP contribution in [0.3, 0.4) is 0 Å². The third-order valence-corrected chi connectivity index (χ3v) is 7.76. The van der Waals surface area contributed by atoms with Gasteiger partial charge in [0.15, 0.2) is 4.80 Å². The first kappa shape index (κ1) is 24.7. The summed E-state index contributed by atoms with van der Waals surface area (Å²) in [4.78, 5) is 32.3. The quantitative estimate of drug-likeness (QED) is 0.282. The molecule has 0 saturated carbocycles. The van der Waals surface area contributed by atoms with E-state index in [0.29, 0.717) is 27.1 Å². The Hall–Kier alpha value is -3.97. The Labute approximate surface area is 219 Å². The van der Waals surface area contributed by atoms with Crippen molar-refractivity contribution in [1.82, 2.24) is 9.13 Å². The maximum absolute atomic E-state index is 14.0. The number of thiazole rings is 1. The number of hydrogen-bond acceptors (Lipinski definition) is 5. The number of nitrogens with zero attached hydrogens (tertiary/aromatic N) is 3. The van der Waals surface area contributed by atoms with Gasteiger partial charge in [0.1, 0.15) is 0 Å². The molecule has 37 heavy (non-hydrogen) atoms. The number of rotatable bonds is 6. The predicted molar refractivity (Wildman–Crippen MR) is 148 cm³/mol. The molecule has 3 heterocycles. The number of ether oxygens (including phenoxy) is 1. The van der Waals surface area contributed by atoms with E-state index in [1.54, 1.807) is 18.4 Å². The second-order valence-electron chi connectivity index (χ2n) is 9.13. The van der Waals surface area contributed by atoms with Gasteiger partial charge < -0.3 is 9.30 Å². The lowest BCUT2D eigenvalue weighted by molar-refractivity contribution is -0.139. The number of fused-ring (bicyclic) bond motifs is 2. The van der Waals surface area contributed by atoms with E-state index in [1.807, 2.05) is 55.5 Å². The molecular formula is C30H29N3O3S. The SMILES string of the molecule is C=CCn1c(C)c(/C=c2/sc3n(c2=O)[C@@H](c2ccc(C)cc2)C(C(=O)OCC)=C(C)N=3)c2ccccc21. The van der Waals surface area contributed by atoms with E-state index < -0.39 is 12.0 Å². The number of benzene rings is 2. The van der Waals surface area contributed by atoms with Gasteiger partial charge in [0.05, 0.1) is 28.5 Å². The highest BCUT2D eigenvalue weighted by Crippen LogP contribution is 2.31. The van der Waals surface area contributed by atoms with Gasteiger partial charge in [0, 0.05) is 28.7 Å². The highest BCUT2D eigenvalue weighted by molar-refractivity contribution is 7.07. The number of para-hydroxylation sites is 1. The van der Waals surface area contributed by atoms with E-state index in [-0.39, 0.29) is 12.2 Å². The summed E-state index contributed by atoms with van der Waals surface area (Å²) in [5, 5.41) is 1.08. The van der Waals surface area contributed by atoms with Crippen LogP contribution < -0.4 is 14.9 Å². The molecule has 1 atom stereocenters. The fraction of sp³-hybridized carbons (Fsp3) is 0.233. The zero-order chi connectivity index (χ0) is 26.3. The molecule has 0 amide bonds. The van der Waals surface area contributed by atoms with Gasteiger partial charge in [-0.15, -0.1) is 6.58 Å². The van der Waals surface area contributed by atoms with E-state index >= 15 is 0 Å². The smallest absolute Gasteiger partial charge is 0.338 e. The molecule has 2 aromatic carbocycles. The lowest BCUT2D eigenvalue weighted by Crippen LogP contribution is -2.39. The van der Waals surface area contributed by atoms with Crippen LogP contribution in [0.4, 0.5) is 0 Å². The van der Waals surface area contributed by atoms with Crippen molar-refractivity contribution >= 4 is 34.3 Å². The first-order valence-corrected chi connectivity index (χ1v) is 13.1. The number of carbonyl (C=O) groups excluding carboxylic acids is 1. The molecule has 0 fully saturated rings. The fourth-order valence-electron chi connectivity index (χ4n) is 4.99. The van der Waals surface area contributed by atoms with Crippen LogP contribution in [0.1, 0.15) is 42.3 Å². The summed E-state index contributed by atoms with van der Waals surface area (Å²) in [5.74, 6) is -0.452. The van der Waals surface area contributed by atoms with Crippen LogP contribution in [-0.2, 0) is 16.1 Å². The molecule has 0 N–H and O–H groups in total. The second-order valence-corrected chi connectivity index (χ2v) is 10.1. The summed E-state index contributed by atoms with van der Waals surface area (Å²) < 4.78 is 9.79. The minimum Gasteiger partial charge on any atom is -0.463 e. The van der Waals surface area contributed by atoms with Crippen molar-refractivity contribution in [2.45, 2.75) is 40.3 Å². The van der Waals surface area contributed by atoms with Crippen LogP contribution >= 0.6 is 11.3 Å². The number of aryl methyl sites for hydroxylation is 1. The van der Waals surface area contributed by atoms with E-state index in [1.165, 1.54) is 11.3 Å². The van der Waals surface area contributed by atoms with Crippen LogP contribution in [0, 0.1) is 13.8 Å². The van der Waals surface area contributed by atoms with Gasteiger partial charge in [0.2, 0.25) is 0 Å². The van der Waals surface area contributed by atoms with Crippen molar-refractivity contribution < 1.29 is 9.53 Å². The summed E-state index contributed by atoms with van der Waals surface area (Å²) >= 11 is 1.34. The average molecular weight is 512 g/mol. The van der Waals surface area contributed by atoms with Gasteiger partial charge in [0.25, 0.3) is 5.56 Å². The highest BCUT2D eigenvalue weighted by atomic mass is 32.1. The molecule has 0 unspecified atom stereocenters. The minimum absolute atomic E-state index is 0.177. The molecule has 0 radical (unpaired) electrons. The first-order chi connectivity index (χ1) is 17.8. The zero-order valence-corrected chi connectivity index (χ0v) is 22.3. The van der Waals surface area contributed by atoms with Crippen LogP contribution in [0.15, 0.2) is 82.2 Å². The summed E-state index contributed by atoms with van der Waals surface area (Å²) in [6.45, 7) is 12.5. The van der Waals surface area contributed by atoms with Gasteiger partial charge in [-0.2, -0.15) is 0 Å². The Morgan fingerprint density at radius 1 is 1.14 bits per heavy atom. The van der Waals surface area contributed by atoms with Gasteiger partial charge in [-0.3, -0.25) is 9.36 Å². The van der Waals surface area contributed by atoms with Crippen LogP contribution in [0.2, 0.25) is 0 Å². The molecule has 4 aromatic rings. The number of hydrogen-bond donors (Lipinski definition) is 0. The van der Waals surface area contributed by atoms with E-state index in [2.05, 4.69) is 35.2 Å². The Morgan fingerprint density at radius 3 is 2.57 bits per heavy atom. The molecular weight excluding hydrogens is 482 g/mol. The minimum atomic E-state index is -0.610. The Balaban J connectivity index is 1.77. The highest BCUT2D eigenvalue weighted by Gasteiger charge is 2.33. The van der Waals surface area contributed by atoms with Gasteiger partial charge in [-0.05, 0) is 45.4 Å². The molecule has 188 valence electrons.